The second-order valence-corrected chi connectivity index (χ2v) is 10.6. The van der Waals surface area contributed by atoms with Gasteiger partial charge >= 0.3 is 11.9 Å². The Morgan fingerprint density at radius 1 is 0.885 bits per heavy atom. The number of carboxylic acids is 2. The fraction of sp³-hybridized carbons (Fsp3) is 0.548. The van der Waals surface area contributed by atoms with Gasteiger partial charge in [-0.1, -0.05) is 0 Å². The van der Waals surface area contributed by atoms with Crippen molar-refractivity contribution in [1.82, 2.24) is 36.6 Å². The molecule has 1 aliphatic heterocycles. The van der Waals surface area contributed by atoms with Crippen molar-refractivity contribution >= 4 is 35.1 Å². The summed E-state index contributed by atoms with van der Waals surface area (Å²) < 4.78 is 36.7. The number of hydrogen-bond donors (Lipinski definition) is 12. The molecule has 0 aliphatic carbocycles. The molecule has 0 bridgehead atoms. The smallest absolute Gasteiger partial charge is 0.337 e. The SMILES string of the molecule is CC(N)=Nc1cncc(C(=O)O)c1.CNCC(F)CNC.CNCC(O)CNC.NCC(F)CN.O=C(O)c1cncc(NC2=NCC(F)CN2)c1. The summed E-state index contributed by atoms with van der Waals surface area (Å²) in [7, 11) is 7.11. The van der Waals surface area contributed by atoms with Crippen molar-refractivity contribution in [3.8, 4) is 0 Å². The molecule has 0 saturated heterocycles. The topological polar surface area (TPSA) is 296 Å². The largest absolute Gasteiger partial charge is 0.478 e. The first-order valence-electron chi connectivity index (χ1n) is 16.0. The highest BCUT2D eigenvalue weighted by atomic mass is 19.1. The number of nitrogens with two attached hydrogens (primary N) is 3. The van der Waals surface area contributed by atoms with E-state index in [-0.39, 0.29) is 43.4 Å². The third-order valence-corrected chi connectivity index (χ3v) is 5.70. The number of aliphatic imine (C=N–C) groups is 2. The number of likely N-dealkylation sites (N-methyl/N-ethyl adjacent to an activating group) is 2. The molecule has 0 spiro atoms. The van der Waals surface area contributed by atoms with Gasteiger partial charge in [0.25, 0.3) is 0 Å². The third kappa shape index (κ3) is 27.2. The molecule has 2 aromatic rings. The molecule has 0 fully saturated rings. The number of aromatic nitrogens is 2. The standard InChI is InChI=1S/C10H11FN4O2.C8H9N3O2.C5H13FN2.C5H14N2O.C3H9FN2/c11-7-3-13-10(14-4-7)15-8-1-6(9(16)17)2-12-5-8;1-5(9)11-7-2-6(8(12)13)3-10-4-7;1-7-3-5(6)4-8-2;1-6-3-5(8)4-7-2;4-3(1-5)2-6/h1-2,5,7H,3-4H2,(H,16,17)(H2,13,14,15);2-4H,1H3,(H2,9,11)(H,12,13);5,7-8H,3-4H2,1-2H3;5-8H,3-4H2,1-2H3;3H,1-2,5-6H2. The zero-order valence-electron chi connectivity index (χ0n) is 30.2. The van der Waals surface area contributed by atoms with Crippen LogP contribution in [0.4, 0.5) is 24.5 Å². The summed E-state index contributed by atoms with van der Waals surface area (Å²) >= 11 is 0. The van der Waals surface area contributed by atoms with Gasteiger partial charge in [-0.15, -0.1) is 0 Å². The highest BCUT2D eigenvalue weighted by Gasteiger charge is 2.14. The Hall–Kier alpha value is -4.51. The average Bonchev–Trinajstić information content (AvgIpc) is 3.10. The van der Waals surface area contributed by atoms with E-state index >= 15 is 0 Å². The van der Waals surface area contributed by atoms with Gasteiger partial charge in [-0.3, -0.25) is 9.97 Å². The summed E-state index contributed by atoms with van der Waals surface area (Å²) in [5, 5.41) is 43.1. The normalized spacial score (nSPS) is 13.5. The number of amidine groups is 1. The van der Waals surface area contributed by atoms with Gasteiger partial charge < -0.3 is 64.4 Å². The monoisotopic (exact) mass is 747 g/mol. The summed E-state index contributed by atoms with van der Waals surface area (Å²) in [5.74, 6) is -1.30. The van der Waals surface area contributed by atoms with Crippen molar-refractivity contribution < 1.29 is 38.1 Å². The lowest BCUT2D eigenvalue weighted by molar-refractivity contribution is 0.0685. The van der Waals surface area contributed by atoms with E-state index in [0.29, 0.717) is 49.3 Å². The van der Waals surface area contributed by atoms with Crippen LogP contribution in [0, 0.1) is 0 Å². The molecule has 0 saturated carbocycles. The number of halogens is 3. The Balaban J connectivity index is 0. The van der Waals surface area contributed by atoms with Gasteiger partial charge in [-0.2, -0.15) is 0 Å². The number of rotatable bonds is 14. The van der Waals surface area contributed by atoms with Gasteiger partial charge in [0.15, 0.2) is 5.96 Å². The van der Waals surface area contributed by atoms with Gasteiger partial charge in [0.1, 0.15) is 18.5 Å². The first-order chi connectivity index (χ1) is 24.7. The van der Waals surface area contributed by atoms with Crippen molar-refractivity contribution in [2.45, 2.75) is 31.5 Å². The molecular weight excluding hydrogens is 691 g/mol. The molecule has 1 aliphatic rings. The highest BCUT2D eigenvalue weighted by Crippen LogP contribution is 2.12. The number of aromatic carboxylic acids is 2. The number of anilines is 1. The van der Waals surface area contributed by atoms with Gasteiger partial charge in [-0.25, -0.2) is 32.7 Å². The lowest BCUT2D eigenvalue weighted by Crippen LogP contribution is -2.40. The first kappa shape index (κ1) is 49.6. The summed E-state index contributed by atoms with van der Waals surface area (Å²) in [6.07, 6.45) is 2.42. The predicted octanol–water partition coefficient (Wildman–Crippen LogP) is -0.931. The van der Waals surface area contributed by atoms with E-state index in [2.05, 4.69) is 51.9 Å². The number of nitrogens with one attached hydrogen (secondary N) is 6. The number of alkyl halides is 3. The second kappa shape index (κ2) is 31.2. The molecule has 18 nitrogen and oxygen atoms in total. The predicted molar refractivity (Wildman–Crippen MR) is 198 cm³/mol. The van der Waals surface area contributed by atoms with E-state index in [1.54, 1.807) is 21.0 Å². The molecule has 21 heteroatoms. The van der Waals surface area contributed by atoms with Crippen molar-refractivity contribution in [3.05, 3.63) is 48.0 Å². The fourth-order valence-electron chi connectivity index (χ4n) is 3.33. The van der Waals surface area contributed by atoms with Crippen molar-refractivity contribution in [2.24, 2.45) is 27.2 Å². The minimum atomic E-state index is -1.05. The van der Waals surface area contributed by atoms with Crippen LogP contribution >= 0.6 is 0 Å². The van der Waals surface area contributed by atoms with E-state index in [4.69, 9.17) is 32.5 Å². The van der Waals surface area contributed by atoms with Crippen molar-refractivity contribution in [1.29, 1.82) is 0 Å². The minimum absolute atomic E-state index is 0.0382. The first-order valence-corrected chi connectivity index (χ1v) is 16.0. The molecule has 0 aromatic carbocycles. The minimum Gasteiger partial charge on any atom is -0.478 e. The van der Waals surface area contributed by atoms with Crippen LogP contribution in [0.15, 0.2) is 46.9 Å². The number of hydrogen-bond acceptors (Lipinski definition) is 15. The lowest BCUT2D eigenvalue weighted by atomic mass is 10.2. The molecule has 3 heterocycles. The number of carbonyl (C=O) groups is 2. The summed E-state index contributed by atoms with van der Waals surface area (Å²) in [5.41, 5.74) is 16.1. The second-order valence-electron chi connectivity index (χ2n) is 10.6. The van der Waals surface area contributed by atoms with Crippen LogP contribution in [-0.4, -0.2) is 154 Å². The highest BCUT2D eigenvalue weighted by molar-refractivity contribution is 5.95. The maximum absolute atomic E-state index is 12.8. The van der Waals surface area contributed by atoms with Crippen LogP contribution in [0.25, 0.3) is 0 Å². The van der Waals surface area contributed by atoms with E-state index in [1.165, 1.54) is 36.9 Å². The van der Waals surface area contributed by atoms with E-state index in [0.717, 1.165) is 0 Å². The van der Waals surface area contributed by atoms with Crippen LogP contribution in [0.1, 0.15) is 27.6 Å². The van der Waals surface area contributed by atoms with Gasteiger partial charge in [0.2, 0.25) is 0 Å². The molecule has 0 radical (unpaired) electrons. The zero-order chi connectivity index (χ0) is 39.9. The van der Waals surface area contributed by atoms with Crippen LogP contribution in [0.2, 0.25) is 0 Å². The van der Waals surface area contributed by atoms with E-state index in [9.17, 15) is 22.8 Å². The number of aliphatic hydroxyl groups is 1. The van der Waals surface area contributed by atoms with Crippen LogP contribution in [-0.2, 0) is 0 Å². The Labute approximate surface area is 302 Å². The van der Waals surface area contributed by atoms with Gasteiger partial charge in [0, 0.05) is 51.7 Å². The maximum Gasteiger partial charge on any atom is 0.337 e. The van der Waals surface area contributed by atoms with E-state index < -0.39 is 30.5 Å². The quantitative estimate of drug-likeness (QED) is 0.0821. The number of aliphatic hydroxyl groups excluding tert-OH is 1. The molecule has 1 atom stereocenters. The molecular formula is C31H56F3N13O5. The molecule has 1 unspecified atom stereocenters. The average molecular weight is 748 g/mol. The number of carboxylic acid groups (broad SMARTS) is 2. The molecule has 15 N–H and O–H groups in total. The molecule has 296 valence electrons. The zero-order valence-corrected chi connectivity index (χ0v) is 30.2. The Bertz CT molecular complexity index is 1280. The Kier molecular flexibility index (Phi) is 29.8. The molecule has 52 heavy (non-hydrogen) atoms. The lowest BCUT2D eigenvalue weighted by Gasteiger charge is -2.18. The van der Waals surface area contributed by atoms with Crippen molar-refractivity contribution in [3.63, 3.8) is 0 Å². The summed E-state index contributed by atoms with van der Waals surface area (Å²) in [6.45, 7) is 4.16. The molecule has 0 amide bonds. The Morgan fingerprint density at radius 3 is 1.79 bits per heavy atom. The van der Waals surface area contributed by atoms with Crippen LogP contribution in [0.5, 0.6) is 0 Å². The third-order valence-electron chi connectivity index (χ3n) is 5.70. The Morgan fingerprint density at radius 2 is 1.38 bits per heavy atom. The van der Waals surface area contributed by atoms with Crippen LogP contribution < -0.4 is 49.1 Å². The molecule has 3 rings (SSSR count). The van der Waals surface area contributed by atoms with Crippen LogP contribution in [0.3, 0.4) is 0 Å². The number of nitrogens with zero attached hydrogens (tertiary/aromatic N) is 4. The van der Waals surface area contributed by atoms with Gasteiger partial charge in [0.05, 0.1) is 59.9 Å². The number of pyridine rings is 2. The summed E-state index contributed by atoms with van der Waals surface area (Å²) in [6, 6.07) is 2.84. The number of guanidine groups is 1. The van der Waals surface area contributed by atoms with E-state index in [1.807, 2.05) is 14.1 Å². The van der Waals surface area contributed by atoms with Crippen molar-refractivity contribution in [2.75, 3.05) is 85.9 Å². The maximum atomic E-state index is 12.8. The fourth-order valence-corrected chi connectivity index (χ4v) is 3.33. The summed E-state index contributed by atoms with van der Waals surface area (Å²) in [4.78, 5) is 36.5. The molecule has 2 aromatic heterocycles. The van der Waals surface area contributed by atoms with Gasteiger partial charge in [-0.05, 0) is 47.2 Å².